The van der Waals surface area contributed by atoms with E-state index in [2.05, 4.69) is 6.58 Å². The third-order valence-electron chi connectivity index (χ3n) is 5.88. The van der Waals surface area contributed by atoms with Crippen molar-refractivity contribution in [2.45, 2.75) is 52.2 Å². The van der Waals surface area contributed by atoms with Crippen molar-refractivity contribution >= 4 is 17.5 Å². The lowest BCUT2D eigenvalue weighted by Crippen LogP contribution is -2.31. The average Bonchev–Trinajstić information content (AvgIpc) is 3.10. The third-order valence-corrected chi connectivity index (χ3v) is 5.88. The molecule has 1 fully saturated rings. The highest BCUT2D eigenvalue weighted by Gasteiger charge is 2.60. The van der Waals surface area contributed by atoms with Gasteiger partial charge in [0, 0.05) is 22.8 Å². The Labute approximate surface area is 147 Å². The predicted molar refractivity (Wildman–Crippen MR) is 91.5 cm³/mol. The molecule has 0 radical (unpaired) electrons. The zero-order chi connectivity index (χ0) is 18.5. The lowest BCUT2D eigenvalue weighted by molar-refractivity contribution is -0.142. The van der Waals surface area contributed by atoms with Crippen molar-refractivity contribution in [2.75, 3.05) is 0 Å². The van der Waals surface area contributed by atoms with Crippen LogP contribution in [0.4, 0.5) is 0 Å². The Balaban J connectivity index is 1.98. The Bertz CT molecular complexity index is 728. The second-order valence-corrected chi connectivity index (χ2v) is 7.81. The molecule has 5 atom stereocenters. The highest BCUT2D eigenvalue weighted by atomic mass is 16.5. The molecule has 134 valence electrons. The molecule has 2 bridgehead atoms. The van der Waals surface area contributed by atoms with Gasteiger partial charge < -0.3 is 9.84 Å². The number of carbonyl (C=O) groups excluding carboxylic acids is 3. The van der Waals surface area contributed by atoms with Gasteiger partial charge in [0.05, 0.1) is 0 Å². The molecule has 0 saturated heterocycles. The van der Waals surface area contributed by atoms with Gasteiger partial charge in [-0.2, -0.15) is 0 Å². The summed E-state index contributed by atoms with van der Waals surface area (Å²) in [6.45, 7) is 9.11. The molecule has 3 aliphatic rings. The number of ketones is 2. The fourth-order valence-corrected chi connectivity index (χ4v) is 3.89. The third kappa shape index (κ3) is 3.01. The molecular formula is C20H24O5. The Kier molecular flexibility index (Phi) is 4.31. The summed E-state index contributed by atoms with van der Waals surface area (Å²) in [5.74, 6) is -1.70. The molecule has 5 heteroatoms. The van der Waals surface area contributed by atoms with Crippen LogP contribution in [0.25, 0.3) is 0 Å². The fourth-order valence-electron chi connectivity index (χ4n) is 3.89. The Morgan fingerprint density at radius 3 is 2.68 bits per heavy atom. The van der Waals surface area contributed by atoms with E-state index < -0.39 is 29.3 Å². The molecule has 1 N–H and O–H groups in total. The predicted octanol–water partition coefficient (Wildman–Crippen LogP) is 2.30. The average molecular weight is 344 g/mol. The van der Waals surface area contributed by atoms with Crippen LogP contribution in [-0.2, 0) is 19.1 Å². The van der Waals surface area contributed by atoms with Crippen LogP contribution in [-0.4, -0.2) is 34.9 Å². The van der Waals surface area contributed by atoms with Crippen molar-refractivity contribution in [3.63, 3.8) is 0 Å². The number of esters is 1. The molecule has 0 amide bonds. The van der Waals surface area contributed by atoms with Gasteiger partial charge in [0.1, 0.15) is 12.2 Å². The maximum atomic E-state index is 12.5. The number of ether oxygens (including phenoxy) is 1. The minimum Gasteiger partial charge on any atom is -0.454 e. The van der Waals surface area contributed by atoms with Crippen LogP contribution in [0.15, 0.2) is 35.5 Å². The van der Waals surface area contributed by atoms with Crippen molar-refractivity contribution in [1.82, 2.24) is 0 Å². The maximum Gasteiger partial charge on any atom is 0.334 e. The van der Waals surface area contributed by atoms with Crippen LogP contribution >= 0.6 is 0 Å². The van der Waals surface area contributed by atoms with Gasteiger partial charge >= 0.3 is 5.97 Å². The van der Waals surface area contributed by atoms with Crippen molar-refractivity contribution in [3.05, 3.63) is 35.5 Å². The van der Waals surface area contributed by atoms with Crippen LogP contribution in [0.3, 0.4) is 0 Å². The van der Waals surface area contributed by atoms with E-state index in [1.54, 1.807) is 13.8 Å². The summed E-state index contributed by atoms with van der Waals surface area (Å²) in [7, 11) is 0. The van der Waals surface area contributed by atoms with Gasteiger partial charge in [-0.1, -0.05) is 19.1 Å². The fraction of sp³-hybridized carbons (Fsp3) is 0.550. The number of carbonyl (C=O) groups is 3. The number of Topliss-reactive ketones (excluding diaryl/α,β-unsaturated/α-hetero) is 1. The minimum atomic E-state index is -1.26. The number of aliphatic hydroxyl groups is 1. The lowest BCUT2D eigenvalue weighted by atomic mass is 9.85. The molecule has 0 spiro atoms. The summed E-state index contributed by atoms with van der Waals surface area (Å²) in [6.07, 6.45) is 2.95. The van der Waals surface area contributed by atoms with Gasteiger partial charge in [0.15, 0.2) is 11.6 Å². The topological polar surface area (TPSA) is 80.7 Å². The van der Waals surface area contributed by atoms with E-state index in [1.807, 2.05) is 13.0 Å². The van der Waals surface area contributed by atoms with E-state index in [0.717, 1.165) is 0 Å². The summed E-state index contributed by atoms with van der Waals surface area (Å²) in [6, 6.07) is 0. The molecule has 0 aromatic carbocycles. The SMILES string of the molecule is C=C(C)[C@@H]1CCC2=C[C@@H](OC2=O)[C@]2(C)C[C@H]2C(=O)/C=C(/C)C(=O)[C@H]1O. The summed E-state index contributed by atoms with van der Waals surface area (Å²) < 4.78 is 5.49. The van der Waals surface area contributed by atoms with Crippen LogP contribution in [0.5, 0.6) is 0 Å². The van der Waals surface area contributed by atoms with Crippen molar-refractivity contribution < 1.29 is 24.2 Å². The van der Waals surface area contributed by atoms with Gasteiger partial charge in [0.25, 0.3) is 0 Å². The molecule has 25 heavy (non-hydrogen) atoms. The molecule has 0 unspecified atom stereocenters. The van der Waals surface area contributed by atoms with Gasteiger partial charge in [-0.25, -0.2) is 4.79 Å². The van der Waals surface area contributed by atoms with Gasteiger partial charge in [-0.3, -0.25) is 9.59 Å². The number of hydrogen-bond acceptors (Lipinski definition) is 5. The van der Waals surface area contributed by atoms with Crippen LogP contribution < -0.4 is 0 Å². The number of allylic oxidation sites excluding steroid dienone is 1. The van der Waals surface area contributed by atoms with E-state index in [-0.39, 0.29) is 23.2 Å². The molecule has 1 saturated carbocycles. The molecular weight excluding hydrogens is 320 g/mol. The molecule has 0 aromatic heterocycles. The minimum absolute atomic E-state index is 0.149. The summed E-state index contributed by atoms with van der Waals surface area (Å²) in [5.41, 5.74) is 1.08. The van der Waals surface area contributed by atoms with Gasteiger partial charge in [0.2, 0.25) is 0 Å². The van der Waals surface area contributed by atoms with E-state index in [1.165, 1.54) is 6.08 Å². The first-order valence-corrected chi connectivity index (χ1v) is 8.66. The van der Waals surface area contributed by atoms with Gasteiger partial charge in [-0.05, 0) is 50.8 Å². The normalized spacial score (nSPS) is 40.6. The Hall–Kier alpha value is -2.01. The Morgan fingerprint density at radius 2 is 2.04 bits per heavy atom. The Morgan fingerprint density at radius 1 is 1.36 bits per heavy atom. The molecule has 3 rings (SSSR count). The molecule has 1 heterocycles. The monoisotopic (exact) mass is 344 g/mol. The quantitative estimate of drug-likeness (QED) is 0.583. The first kappa shape index (κ1) is 17.8. The maximum absolute atomic E-state index is 12.5. The summed E-state index contributed by atoms with van der Waals surface area (Å²) >= 11 is 0. The first-order valence-electron chi connectivity index (χ1n) is 8.66. The zero-order valence-corrected chi connectivity index (χ0v) is 14.9. The zero-order valence-electron chi connectivity index (χ0n) is 14.9. The summed E-state index contributed by atoms with van der Waals surface area (Å²) in [4.78, 5) is 37.2. The number of fused-ring (bicyclic) bond motifs is 3. The first-order chi connectivity index (χ1) is 11.6. The highest BCUT2D eigenvalue weighted by Crippen LogP contribution is 2.58. The van der Waals surface area contributed by atoms with Crippen LogP contribution in [0, 0.1) is 17.3 Å². The largest absolute Gasteiger partial charge is 0.454 e. The van der Waals surface area contributed by atoms with Crippen molar-refractivity contribution in [1.29, 1.82) is 0 Å². The van der Waals surface area contributed by atoms with Crippen molar-refractivity contribution in [2.24, 2.45) is 17.3 Å². The van der Waals surface area contributed by atoms with E-state index in [0.29, 0.717) is 30.4 Å². The van der Waals surface area contributed by atoms with E-state index in [9.17, 15) is 19.5 Å². The van der Waals surface area contributed by atoms with Crippen LogP contribution in [0.1, 0.15) is 40.0 Å². The molecule has 2 aliphatic carbocycles. The number of rotatable bonds is 1. The standard InChI is InChI=1S/C20H24O5/c1-10(2)13-6-5-12-8-16(25-19(12)24)20(4)9-14(20)15(21)7-11(3)17(22)18(13)23/h7-8,13-14,16,18,23H,1,5-6,9H2,2-4H3/b11-7-/t13-,14-,16+,18-,20+/m0/s1. The second kappa shape index (κ2) is 6.06. The van der Waals surface area contributed by atoms with Gasteiger partial charge in [-0.15, -0.1) is 0 Å². The summed E-state index contributed by atoms with van der Waals surface area (Å²) in [5, 5.41) is 10.5. The van der Waals surface area contributed by atoms with E-state index >= 15 is 0 Å². The lowest BCUT2D eigenvalue weighted by Gasteiger charge is -2.22. The number of aliphatic hydroxyl groups excluding tert-OH is 1. The van der Waals surface area contributed by atoms with Crippen molar-refractivity contribution in [3.8, 4) is 0 Å². The molecule has 1 aliphatic heterocycles. The smallest absolute Gasteiger partial charge is 0.334 e. The molecule has 5 nitrogen and oxygen atoms in total. The van der Waals surface area contributed by atoms with Crippen LogP contribution in [0.2, 0.25) is 0 Å². The molecule has 0 aromatic rings. The number of hydrogen-bond donors (Lipinski definition) is 1. The van der Waals surface area contributed by atoms with E-state index in [4.69, 9.17) is 4.74 Å². The second-order valence-electron chi connectivity index (χ2n) is 7.81. The highest BCUT2D eigenvalue weighted by molar-refractivity contribution is 6.06.